The van der Waals surface area contributed by atoms with E-state index in [2.05, 4.69) is 37.1 Å². The molecular weight excluding hydrogens is 404 g/mol. The second kappa shape index (κ2) is 9.57. The second-order valence-corrected chi connectivity index (χ2v) is 7.43. The summed E-state index contributed by atoms with van der Waals surface area (Å²) in [5, 5.41) is 4.54. The Morgan fingerprint density at radius 3 is 2.53 bits per heavy atom. The van der Waals surface area contributed by atoms with Crippen LogP contribution in [0.15, 0.2) is 73.2 Å². The fraction of sp³-hybridized carbons (Fsp3) is 0.250. The maximum Gasteiger partial charge on any atom is 0.320 e. The van der Waals surface area contributed by atoms with E-state index in [4.69, 9.17) is 9.47 Å². The van der Waals surface area contributed by atoms with E-state index in [0.29, 0.717) is 38.1 Å². The summed E-state index contributed by atoms with van der Waals surface area (Å²) in [7, 11) is 0. The average Bonchev–Trinajstić information content (AvgIpc) is 3.36. The molecule has 1 aliphatic rings. The molecule has 0 aliphatic carbocycles. The molecule has 0 bridgehead atoms. The van der Waals surface area contributed by atoms with Crippen molar-refractivity contribution >= 4 is 5.82 Å². The first-order chi connectivity index (χ1) is 15.8. The van der Waals surface area contributed by atoms with Gasteiger partial charge in [-0.3, -0.25) is 4.98 Å². The molecule has 0 N–H and O–H groups in total. The second-order valence-electron chi connectivity index (χ2n) is 7.43. The Bertz CT molecular complexity index is 1140. The summed E-state index contributed by atoms with van der Waals surface area (Å²) in [5.41, 5.74) is 3.10. The van der Waals surface area contributed by atoms with E-state index < -0.39 is 0 Å². The Morgan fingerprint density at radius 1 is 0.906 bits per heavy atom. The highest BCUT2D eigenvalue weighted by atomic mass is 16.5. The normalized spacial score (nSPS) is 13.8. The molecular formula is C24H24N6O2. The number of rotatable bonds is 7. The van der Waals surface area contributed by atoms with Gasteiger partial charge in [-0.15, -0.1) is 0 Å². The quantitative estimate of drug-likeness (QED) is 0.447. The van der Waals surface area contributed by atoms with Gasteiger partial charge in [0.05, 0.1) is 26.0 Å². The predicted octanol–water partition coefficient (Wildman–Crippen LogP) is 3.18. The molecule has 1 aromatic carbocycles. The summed E-state index contributed by atoms with van der Waals surface area (Å²) in [6, 6.07) is 18.3. The maximum absolute atomic E-state index is 5.93. The zero-order chi connectivity index (χ0) is 21.6. The largest absolute Gasteiger partial charge is 0.463 e. The topological polar surface area (TPSA) is 78.2 Å². The van der Waals surface area contributed by atoms with Crippen LogP contribution in [0.1, 0.15) is 5.69 Å². The van der Waals surface area contributed by atoms with Gasteiger partial charge in [-0.2, -0.15) is 15.1 Å². The minimum atomic E-state index is 0.330. The van der Waals surface area contributed by atoms with E-state index in [1.54, 1.807) is 10.9 Å². The van der Waals surface area contributed by atoms with Gasteiger partial charge < -0.3 is 14.4 Å². The Balaban J connectivity index is 1.40. The van der Waals surface area contributed by atoms with Crippen LogP contribution in [0.4, 0.5) is 5.82 Å². The highest BCUT2D eigenvalue weighted by Crippen LogP contribution is 2.23. The van der Waals surface area contributed by atoms with Crippen molar-refractivity contribution < 1.29 is 9.47 Å². The van der Waals surface area contributed by atoms with Crippen LogP contribution in [0.5, 0.6) is 6.01 Å². The van der Waals surface area contributed by atoms with Gasteiger partial charge in [-0.05, 0) is 17.7 Å². The van der Waals surface area contributed by atoms with Gasteiger partial charge in [0.1, 0.15) is 5.82 Å². The monoisotopic (exact) mass is 428 g/mol. The SMILES string of the molecule is c1ccc(-c2cnn(-c3cc(N4CCOCC4)nc(OCCc4ccccn4)n3)c2)cc1. The molecule has 8 heteroatoms. The summed E-state index contributed by atoms with van der Waals surface area (Å²) in [4.78, 5) is 15.8. The molecule has 0 unspecified atom stereocenters. The lowest BCUT2D eigenvalue weighted by atomic mass is 10.1. The molecule has 5 rings (SSSR count). The molecule has 0 amide bonds. The standard InChI is InChI=1S/C24H24N6O2/c1-2-6-19(7-3-1)20-17-26-30(18-20)23-16-22(29-11-14-31-15-12-29)27-24(28-23)32-13-9-21-8-4-5-10-25-21/h1-8,10,16-18H,9,11-15H2. The van der Waals surface area contributed by atoms with Gasteiger partial charge in [-0.25, -0.2) is 4.68 Å². The van der Waals surface area contributed by atoms with Crippen molar-refractivity contribution in [2.75, 3.05) is 37.8 Å². The first-order valence-corrected chi connectivity index (χ1v) is 10.7. The number of benzene rings is 1. The van der Waals surface area contributed by atoms with Crippen molar-refractivity contribution in [3.8, 4) is 23.0 Å². The van der Waals surface area contributed by atoms with Gasteiger partial charge in [0.2, 0.25) is 0 Å². The van der Waals surface area contributed by atoms with Crippen LogP contribution in [0.3, 0.4) is 0 Å². The lowest BCUT2D eigenvalue weighted by molar-refractivity contribution is 0.122. The van der Waals surface area contributed by atoms with Crippen LogP contribution in [-0.4, -0.2) is 57.6 Å². The van der Waals surface area contributed by atoms with Gasteiger partial charge in [0, 0.05) is 49.2 Å². The number of pyridine rings is 1. The lowest BCUT2D eigenvalue weighted by Gasteiger charge is -2.28. The van der Waals surface area contributed by atoms with Crippen molar-refractivity contribution in [1.29, 1.82) is 0 Å². The predicted molar refractivity (Wildman–Crippen MR) is 121 cm³/mol. The highest BCUT2D eigenvalue weighted by Gasteiger charge is 2.17. The smallest absolute Gasteiger partial charge is 0.320 e. The van der Waals surface area contributed by atoms with E-state index in [1.807, 2.05) is 54.9 Å². The van der Waals surface area contributed by atoms with Crippen LogP contribution < -0.4 is 9.64 Å². The van der Waals surface area contributed by atoms with E-state index in [1.165, 1.54) is 0 Å². The number of aromatic nitrogens is 5. The number of nitrogens with zero attached hydrogens (tertiary/aromatic N) is 6. The highest BCUT2D eigenvalue weighted by molar-refractivity contribution is 5.62. The molecule has 1 fully saturated rings. The van der Waals surface area contributed by atoms with E-state index in [9.17, 15) is 0 Å². The van der Waals surface area contributed by atoms with Gasteiger partial charge in [0.15, 0.2) is 5.82 Å². The molecule has 32 heavy (non-hydrogen) atoms. The lowest BCUT2D eigenvalue weighted by Crippen LogP contribution is -2.37. The van der Waals surface area contributed by atoms with Crippen LogP contribution in [0.25, 0.3) is 16.9 Å². The third kappa shape index (κ3) is 4.76. The van der Waals surface area contributed by atoms with E-state index >= 15 is 0 Å². The molecule has 4 heterocycles. The molecule has 1 saturated heterocycles. The molecule has 162 valence electrons. The first-order valence-electron chi connectivity index (χ1n) is 10.7. The minimum absolute atomic E-state index is 0.330. The Kier molecular flexibility index (Phi) is 6.02. The zero-order valence-electron chi connectivity index (χ0n) is 17.7. The molecule has 8 nitrogen and oxygen atoms in total. The number of hydrogen-bond donors (Lipinski definition) is 0. The van der Waals surface area contributed by atoms with Crippen molar-refractivity contribution in [2.45, 2.75) is 6.42 Å². The molecule has 1 aliphatic heterocycles. The van der Waals surface area contributed by atoms with Gasteiger partial charge in [0.25, 0.3) is 0 Å². The molecule has 0 spiro atoms. The van der Waals surface area contributed by atoms with Gasteiger partial charge in [-0.1, -0.05) is 36.4 Å². The van der Waals surface area contributed by atoms with Crippen molar-refractivity contribution in [1.82, 2.24) is 24.7 Å². The van der Waals surface area contributed by atoms with Crippen LogP contribution >= 0.6 is 0 Å². The van der Waals surface area contributed by atoms with Crippen LogP contribution in [0, 0.1) is 0 Å². The molecule has 0 saturated carbocycles. The van der Waals surface area contributed by atoms with E-state index in [-0.39, 0.29) is 0 Å². The van der Waals surface area contributed by atoms with E-state index in [0.717, 1.165) is 35.7 Å². The van der Waals surface area contributed by atoms with Crippen molar-refractivity contribution in [3.05, 3.63) is 78.9 Å². The Labute approximate surface area is 186 Å². The first kappa shape index (κ1) is 20.1. The summed E-state index contributed by atoms with van der Waals surface area (Å²) < 4.78 is 13.2. The number of hydrogen-bond acceptors (Lipinski definition) is 7. The number of ether oxygens (including phenoxy) is 2. The summed E-state index contributed by atoms with van der Waals surface area (Å²) in [6.07, 6.45) is 6.28. The molecule has 0 atom stereocenters. The average molecular weight is 428 g/mol. The fourth-order valence-corrected chi connectivity index (χ4v) is 3.56. The number of anilines is 1. The van der Waals surface area contributed by atoms with Crippen LogP contribution in [0.2, 0.25) is 0 Å². The summed E-state index contributed by atoms with van der Waals surface area (Å²) in [6.45, 7) is 3.35. The summed E-state index contributed by atoms with van der Waals surface area (Å²) in [5.74, 6) is 1.47. The molecule has 3 aromatic heterocycles. The third-order valence-corrected chi connectivity index (χ3v) is 5.25. The van der Waals surface area contributed by atoms with Crippen molar-refractivity contribution in [3.63, 3.8) is 0 Å². The fourth-order valence-electron chi connectivity index (χ4n) is 3.56. The van der Waals surface area contributed by atoms with Crippen molar-refractivity contribution in [2.24, 2.45) is 0 Å². The summed E-state index contributed by atoms with van der Waals surface area (Å²) >= 11 is 0. The Hall–Kier alpha value is -3.78. The minimum Gasteiger partial charge on any atom is -0.463 e. The third-order valence-electron chi connectivity index (χ3n) is 5.25. The maximum atomic E-state index is 5.93. The Morgan fingerprint density at radius 2 is 1.72 bits per heavy atom. The number of morpholine rings is 1. The molecule has 0 radical (unpaired) electrons. The molecule has 4 aromatic rings. The van der Waals surface area contributed by atoms with Crippen LogP contribution in [-0.2, 0) is 11.2 Å². The zero-order valence-corrected chi connectivity index (χ0v) is 17.7. The van der Waals surface area contributed by atoms with Gasteiger partial charge >= 0.3 is 6.01 Å².